The number of nitrogens with zero attached hydrogens (tertiary/aromatic N) is 3. The average Bonchev–Trinajstić information content (AvgIpc) is 3.30. The minimum absolute atomic E-state index is 0.115. The van der Waals surface area contributed by atoms with Gasteiger partial charge in [0.1, 0.15) is 11.5 Å². The fourth-order valence-corrected chi connectivity index (χ4v) is 4.02. The maximum atomic E-state index is 14.2. The number of benzene rings is 1. The molecule has 6 nitrogen and oxygen atoms in total. The van der Waals surface area contributed by atoms with Gasteiger partial charge < -0.3 is 14.4 Å². The molecule has 150 valence electrons. The fourth-order valence-electron chi connectivity index (χ4n) is 4.02. The molecule has 0 atom stereocenters. The SMILES string of the molecule is Cc1nn(-c2ccc(F)cc2F)c(C)c1C(=O)N1CCC(C2OCCO2)CC1. The van der Waals surface area contributed by atoms with E-state index in [-0.39, 0.29) is 17.9 Å². The second-order valence-electron chi connectivity index (χ2n) is 7.29. The summed E-state index contributed by atoms with van der Waals surface area (Å²) in [5.74, 6) is -1.19. The zero-order chi connectivity index (χ0) is 19.8. The number of carbonyl (C=O) groups excluding carboxylic acids is 1. The van der Waals surface area contributed by atoms with Crippen LogP contribution in [0.1, 0.15) is 34.6 Å². The molecule has 0 saturated carbocycles. The molecule has 0 spiro atoms. The largest absolute Gasteiger partial charge is 0.350 e. The highest BCUT2D eigenvalue weighted by Gasteiger charge is 2.33. The van der Waals surface area contributed by atoms with E-state index in [9.17, 15) is 13.6 Å². The van der Waals surface area contributed by atoms with Crippen molar-refractivity contribution in [2.75, 3.05) is 26.3 Å². The third-order valence-corrected chi connectivity index (χ3v) is 5.50. The first-order valence-corrected chi connectivity index (χ1v) is 9.50. The van der Waals surface area contributed by atoms with Crippen LogP contribution in [-0.4, -0.2) is 53.2 Å². The normalized spacial score (nSPS) is 18.8. The Hall–Kier alpha value is -2.32. The highest BCUT2D eigenvalue weighted by atomic mass is 19.1. The van der Waals surface area contributed by atoms with Crippen molar-refractivity contribution in [3.8, 4) is 5.69 Å². The van der Waals surface area contributed by atoms with Gasteiger partial charge in [0.25, 0.3) is 5.91 Å². The zero-order valence-electron chi connectivity index (χ0n) is 16.0. The number of rotatable bonds is 3. The van der Waals surface area contributed by atoms with Crippen molar-refractivity contribution >= 4 is 5.91 Å². The van der Waals surface area contributed by atoms with Gasteiger partial charge in [0.05, 0.1) is 30.2 Å². The number of ether oxygens (including phenoxy) is 2. The molecule has 2 aromatic rings. The molecule has 0 N–H and O–H groups in total. The van der Waals surface area contributed by atoms with E-state index in [1.807, 2.05) is 0 Å². The predicted molar refractivity (Wildman–Crippen MR) is 97.3 cm³/mol. The first-order valence-electron chi connectivity index (χ1n) is 9.50. The van der Waals surface area contributed by atoms with Gasteiger partial charge in [-0.3, -0.25) is 4.79 Å². The molecular weight excluding hydrogens is 368 g/mol. The lowest BCUT2D eigenvalue weighted by atomic mass is 9.95. The molecule has 2 fully saturated rings. The van der Waals surface area contributed by atoms with Crippen molar-refractivity contribution in [3.63, 3.8) is 0 Å². The molecule has 1 aromatic heterocycles. The van der Waals surface area contributed by atoms with E-state index in [1.165, 1.54) is 16.8 Å². The highest BCUT2D eigenvalue weighted by molar-refractivity contribution is 5.96. The third-order valence-electron chi connectivity index (χ3n) is 5.50. The molecule has 2 aliphatic heterocycles. The van der Waals surface area contributed by atoms with Crippen LogP contribution in [0.5, 0.6) is 0 Å². The van der Waals surface area contributed by atoms with Crippen molar-refractivity contribution in [3.05, 3.63) is 46.8 Å². The molecule has 0 bridgehead atoms. The molecule has 2 aliphatic rings. The molecule has 1 aromatic carbocycles. The quantitative estimate of drug-likeness (QED) is 0.807. The molecular formula is C20H23F2N3O3. The lowest BCUT2D eigenvalue weighted by Gasteiger charge is -2.33. The number of halogens is 2. The second-order valence-corrected chi connectivity index (χ2v) is 7.29. The van der Waals surface area contributed by atoms with Crippen LogP contribution >= 0.6 is 0 Å². The number of aryl methyl sites for hydroxylation is 1. The van der Waals surface area contributed by atoms with E-state index >= 15 is 0 Å². The summed E-state index contributed by atoms with van der Waals surface area (Å²) in [5.41, 5.74) is 1.65. The third kappa shape index (κ3) is 3.42. The minimum Gasteiger partial charge on any atom is -0.350 e. The Balaban J connectivity index is 1.53. The Labute approximate surface area is 162 Å². The Bertz CT molecular complexity index is 885. The van der Waals surface area contributed by atoms with Crippen molar-refractivity contribution < 1.29 is 23.0 Å². The van der Waals surface area contributed by atoms with E-state index in [0.717, 1.165) is 18.9 Å². The molecule has 1 amide bonds. The smallest absolute Gasteiger partial charge is 0.257 e. The monoisotopic (exact) mass is 391 g/mol. The van der Waals surface area contributed by atoms with Crippen LogP contribution in [0.2, 0.25) is 0 Å². The van der Waals surface area contributed by atoms with Crippen molar-refractivity contribution in [2.24, 2.45) is 5.92 Å². The van der Waals surface area contributed by atoms with E-state index < -0.39 is 11.6 Å². The first kappa shape index (κ1) is 19.0. The topological polar surface area (TPSA) is 56.6 Å². The van der Waals surface area contributed by atoms with Gasteiger partial charge in [-0.05, 0) is 38.8 Å². The van der Waals surface area contributed by atoms with Gasteiger partial charge in [0, 0.05) is 25.1 Å². The van der Waals surface area contributed by atoms with Crippen molar-refractivity contribution in [2.45, 2.75) is 33.0 Å². The summed E-state index contributed by atoms with van der Waals surface area (Å²) in [6.45, 7) is 5.93. The molecule has 0 aliphatic carbocycles. The predicted octanol–water partition coefficient (Wildman–Crippen LogP) is 2.99. The van der Waals surface area contributed by atoms with Crippen molar-refractivity contribution in [1.82, 2.24) is 14.7 Å². The number of aromatic nitrogens is 2. The Morgan fingerprint density at radius 2 is 1.82 bits per heavy atom. The van der Waals surface area contributed by atoms with Gasteiger partial charge >= 0.3 is 0 Å². The summed E-state index contributed by atoms with van der Waals surface area (Å²) in [4.78, 5) is 14.9. The van der Waals surface area contributed by atoms with Crippen LogP contribution in [0.25, 0.3) is 5.69 Å². The van der Waals surface area contributed by atoms with Crippen LogP contribution in [0, 0.1) is 31.4 Å². The van der Waals surface area contributed by atoms with Crippen molar-refractivity contribution in [1.29, 1.82) is 0 Å². The van der Waals surface area contributed by atoms with E-state index in [2.05, 4.69) is 5.10 Å². The second kappa shape index (κ2) is 7.60. The van der Waals surface area contributed by atoms with Gasteiger partial charge in [-0.1, -0.05) is 0 Å². The zero-order valence-corrected chi connectivity index (χ0v) is 16.0. The Morgan fingerprint density at radius 3 is 2.46 bits per heavy atom. The maximum Gasteiger partial charge on any atom is 0.257 e. The van der Waals surface area contributed by atoms with Gasteiger partial charge in [-0.25, -0.2) is 13.5 Å². The summed E-state index contributed by atoms with van der Waals surface area (Å²) in [7, 11) is 0. The van der Waals surface area contributed by atoms with Crippen LogP contribution in [0.15, 0.2) is 18.2 Å². The van der Waals surface area contributed by atoms with Crippen LogP contribution < -0.4 is 0 Å². The minimum atomic E-state index is -0.720. The van der Waals surface area contributed by atoms with Gasteiger partial charge in [0.2, 0.25) is 0 Å². The van der Waals surface area contributed by atoms with Crippen LogP contribution in [0.3, 0.4) is 0 Å². The maximum absolute atomic E-state index is 14.2. The number of amides is 1. The summed E-state index contributed by atoms with van der Waals surface area (Å²) < 4.78 is 39.9. The molecule has 0 radical (unpaired) electrons. The summed E-state index contributed by atoms with van der Waals surface area (Å²) in [5, 5.41) is 4.33. The Morgan fingerprint density at radius 1 is 1.14 bits per heavy atom. The van der Waals surface area contributed by atoms with Gasteiger partial charge in [-0.2, -0.15) is 5.10 Å². The number of likely N-dealkylation sites (tertiary alicyclic amines) is 1. The molecule has 8 heteroatoms. The van der Waals surface area contributed by atoms with Gasteiger partial charge in [-0.15, -0.1) is 0 Å². The lowest BCUT2D eigenvalue weighted by molar-refractivity contribution is -0.0956. The fraction of sp³-hybridized carbons (Fsp3) is 0.500. The number of piperidine rings is 1. The molecule has 2 saturated heterocycles. The van der Waals surface area contributed by atoms with Crippen LogP contribution in [-0.2, 0) is 9.47 Å². The standard InChI is InChI=1S/C20H23F2N3O3/c1-12-18(13(2)25(23-12)17-4-3-15(21)11-16(17)22)19(26)24-7-5-14(6-8-24)20-27-9-10-28-20/h3-4,11,14,20H,5-10H2,1-2H3. The molecule has 28 heavy (non-hydrogen) atoms. The van der Waals surface area contributed by atoms with Gasteiger partial charge in [0.15, 0.2) is 12.1 Å². The van der Waals surface area contributed by atoms with E-state index in [1.54, 1.807) is 18.7 Å². The number of hydrogen-bond donors (Lipinski definition) is 0. The first-order chi connectivity index (χ1) is 13.5. The van der Waals surface area contributed by atoms with Crippen LogP contribution in [0.4, 0.5) is 8.78 Å². The average molecular weight is 391 g/mol. The number of carbonyl (C=O) groups is 1. The van der Waals surface area contributed by atoms with E-state index in [0.29, 0.717) is 49.2 Å². The summed E-state index contributed by atoms with van der Waals surface area (Å²) in [6, 6.07) is 3.31. The summed E-state index contributed by atoms with van der Waals surface area (Å²) in [6.07, 6.45) is 1.47. The molecule has 4 rings (SSSR count). The van der Waals surface area contributed by atoms with E-state index in [4.69, 9.17) is 9.47 Å². The lowest BCUT2D eigenvalue weighted by Crippen LogP contribution is -2.41. The summed E-state index contributed by atoms with van der Waals surface area (Å²) >= 11 is 0. The molecule has 3 heterocycles. The Kier molecular flexibility index (Phi) is 5.16. The highest BCUT2D eigenvalue weighted by Crippen LogP contribution is 2.28. The number of hydrogen-bond acceptors (Lipinski definition) is 4. The molecule has 0 unspecified atom stereocenters.